The molecule has 5 heteroatoms. The zero-order chi connectivity index (χ0) is 13.5. The highest BCUT2D eigenvalue weighted by Crippen LogP contribution is 2.16. The van der Waals surface area contributed by atoms with Crippen LogP contribution in [0, 0.1) is 0 Å². The number of guanidine groups is 1. The van der Waals surface area contributed by atoms with Crippen molar-refractivity contribution in [1.82, 2.24) is 0 Å². The van der Waals surface area contributed by atoms with Crippen LogP contribution >= 0.6 is 24.0 Å². The van der Waals surface area contributed by atoms with Gasteiger partial charge >= 0.3 is 0 Å². The topological polar surface area (TPSA) is 59.6 Å². The van der Waals surface area contributed by atoms with Gasteiger partial charge in [-0.05, 0) is 17.7 Å². The van der Waals surface area contributed by atoms with E-state index in [1.807, 2.05) is 54.6 Å². The smallest absolute Gasteiger partial charge is 0.193 e. The summed E-state index contributed by atoms with van der Waals surface area (Å²) in [5.41, 5.74) is 7.82. The largest absolute Gasteiger partial charge is 0.497 e. The van der Waals surface area contributed by atoms with Crippen molar-refractivity contribution in [2.45, 2.75) is 6.54 Å². The molecule has 0 unspecified atom stereocenters. The number of hydrogen-bond donors (Lipinski definition) is 2. The number of nitrogens with one attached hydrogen (secondary N) is 1. The molecule has 0 radical (unpaired) electrons. The molecule has 0 amide bonds. The van der Waals surface area contributed by atoms with Crippen molar-refractivity contribution in [2.75, 3.05) is 12.4 Å². The van der Waals surface area contributed by atoms with E-state index >= 15 is 0 Å². The lowest BCUT2D eigenvalue weighted by molar-refractivity contribution is 0.415. The highest BCUT2D eigenvalue weighted by molar-refractivity contribution is 14.0. The van der Waals surface area contributed by atoms with Crippen molar-refractivity contribution in [3.05, 3.63) is 60.2 Å². The second-order valence-corrected chi connectivity index (χ2v) is 4.04. The molecule has 0 spiro atoms. The van der Waals surface area contributed by atoms with E-state index in [2.05, 4.69) is 10.3 Å². The Bertz CT molecular complexity index is 558. The van der Waals surface area contributed by atoms with Gasteiger partial charge in [0, 0.05) is 11.8 Å². The number of benzene rings is 2. The zero-order valence-electron chi connectivity index (χ0n) is 11.2. The first-order valence-corrected chi connectivity index (χ1v) is 6.03. The van der Waals surface area contributed by atoms with E-state index in [0.29, 0.717) is 12.5 Å². The van der Waals surface area contributed by atoms with Crippen LogP contribution in [-0.2, 0) is 6.54 Å². The van der Waals surface area contributed by atoms with Crippen LogP contribution in [0.25, 0.3) is 0 Å². The maximum Gasteiger partial charge on any atom is 0.193 e. The number of aliphatic imine (C=N–C) groups is 1. The first kappa shape index (κ1) is 16.3. The maximum atomic E-state index is 5.84. The number of methoxy groups -OCH3 is 1. The number of nitrogens with zero attached hydrogens (tertiary/aromatic N) is 1. The molecule has 0 aliphatic heterocycles. The Morgan fingerprint density at radius 3 is 2.60 bits per heavy atom. The highest BCUT2D eigenvalue weighted by Gasteiger charge is 1.97. The molecule has 0 aliphatic carbocycles. The van der Waals surface area contributed by atoms with E-state index in [0.717, 1.165) is 17.0 Å². The number of ether oxygens (including phenoxy) is 1. The van der Waals surface area contributed by atoms with Gasteiger partial charge in [0.05, 0.1) is 13.7 Å². The summed E-state index contributed by atoms with van der Waals surface area (Å²) in [6, 6.07) is 17.5. The first-order chi connectivity index (χ1) is 9.28. The Labute approximate surface area is 136 Å². The van der Waals surface area contributed by atoms with E-state index in [1.54, 1.807) is 7.11 Å². The monoisotopic (exact) mass is 383 g/mol. The fourth-order valence-corrected chi connectivity index (χ4v) is 1.65. The van der Waals surface area contributed by atoms with Crippen LogP contribution in [-0.4, -0.2) is 13.1 Å². The van der Waals surface area contributed by atoms with Gasteiger partial charge in [-0.2, -0.15) is 0 Å². The van der Waals surface area contributed by atoms with Crippen LogP contribution in [0.2, 0.25) is 0 Å². The van der Waals surface area contributed by atoms with Gasteiger partial charge in [0.25, 0.3) is 0 Å². The van der Waals surface area contributed by atoms with Crippen molar-refractivity contribution in [3.8, 4) is 5.75 Å². The molecule has 2 aromatic rings. The molecule has 0 atom stereocenters. The minimum absolute atomic E-state index is 0. The van der Waals surface area contributed by atoms with E-state index < -0.39 is 0 Å². The van der Waals surface area contributed by atoms with E-state index in [9.17, 15) is 0 Å². The normalized spacial score (nSPS) is 10.6. The fraction of sp³-hybridized carbons (Fsp3) is 0.133. The van der Waals surface area contributed by atoms with Crippen LogP contribution in [0.5, 0.6) is 5.75 Å². The molecule has 0 saturated carbocycles. The van der Waals surface area contributed by atoms with Crippen LogP contribution in [0.15, 0.2) is 59.6 Å². The predicted molar refractivity (Wildman–Crippen MR) is 93.8 cm³/mol. The third kappa shape index (κ3) is 5.08. The quantitative estimate of drug-likeness (QED) is 0.484. The lowest BCUT2D eigenvalue weighted by Gasteiger charge is -2.07. The van der Waals surface area contributed by atoms with Crippen LogP contribution in [0.1, 0.15) is 5.56 Å². The molecule has 0 fully saturated rings. The molecule has 2 rings (SSSR count). The lowest BCUT2D eigenvalue weighted by Crippen LogP contribution is -2.22. The van der Waals surface area contributed by atoms with E-state index in [-0.39, 0.29) is 24.0 Å². The molecule has 2 aromatic carbocycles. The maximum absolute atomic E-state index is 5.84. The van der Waals surface area contributed by atoms with Crippen LogP contribution in [0.3, 0.4) is 0 Å². The van der Waals surface area contributed by atoms with Gasteiger partial charge < -0.3 is 15.8 Å². The summed E-state index contributed by atoms with van der Waals surface area (Å²) < 4.78 is 5.15. The second kappa shape index (κ2) is 8.42. The molecule has 4 nitrogen and oxygen atoms in total. The average molecular weight is 383 g/mol. The SMILES string of the molecule is COc1cccc(NC(N)=NCc2ccccc2)c1.I. The van der Waals surface area contributed by atoms with Crippen molar-refractivity contribution < 1.29 is 4.74 Å². The summed E-state index contributed by atoms with van der Waals surface area (Å²) in [6.45, 7) is 0.559. The average Bonchev–Trinajstić information content (AvgIpc) is 2.46. The van der Waals surface area contributed by atoms with Crippen LogP contribution < -0.4 is 15.8 Å². The van der Waals surface area contributed by atoms with Gasteiger partial charge in [-0.15, -0.1) is 24.0 Å². The standard InChI is InChI=1S/C15H17N3O.HI/c1-19-14-9-5-8-13(10-14)18-15(16)17-11-12-6-3-2-4-7-12;/h2-10H,11H2,1H3,(H3,16,17,18);1H. The number of halogens is 1. The van der Waals surface area contributed by atoms with Gasteiger partial charge in [-0.1, -0.05) is 36.4 Å². The molecular formula is C15H18IN3O. The third-order valence-electron chi connectivity index (χ3n) is 2.62. The van der Waals surface area contributed by atoms with E-state index in [1.165, 1.54) is 0 Å². The molecule has 106 valence electrons. The number of anilines is 1. The first-order valence-electron chi connectivity index (χ1n) is 6.03. The molecule has 0 aromatic heterocycles. The summed E-state index contributed by atoms with van der Waals surface area (Å²) in [6.07, 6.45) is 0. The molecule has 20 heavy (non-hydrogen) atoms. The molecule has 0 bridgehead atoms. The highest BCUT2D eigenvalue weighted by atomic mass is 127. The summed E-state index contributed by atoms with van der Waals surface area (Å²) in [7, 11) is 1.63. The van der Waals surface area contributed by atoms with E-state index in [4.69, 9.17) is 10.5 Å². The summed E-state index contributed by atoms with van der Waals surface area (Å²) in [4.78, 5) is 4.29. The van der Waals surface area contributed by atoms with Crippen molar-refractivity contribution >= 4 is 35.6 Å². The number of nitrogens with two attached hydrogens (primary N) is 1. The van der Waals surface area contributed by atoms with Gasteiger partial charge in [0.2, 0.25) is 0 Å². The Morgan fingerprint density at radius 1 is 1.15 bits per heavy atom. The van der Waals surface area contributed by atoms with Crippen molar-refractivity contribution in [3.63, 3.8) is 0 Å². The zero-order valence-corrected chi connectivity index (χ0v) is 13.6. The summed E-state index contributed by atoms with van der Waals surface area (Å²) in [5.74, 6) is 1.16. The summed E-state index contributed by atoms with van der Waals surface area (Å²) >= 11 is 0. The lowest BCUT2D eigenvalue weighted by atomic mass is 10.2. The predicted octanol–water partition coefficient (Wildman–Crippen LogP) is 3.24. The third-order valence-corrected chi connectivity index (χ3v) is 2.62. The molecule has 0 aliphatic rings. The van der Waals surface area contributed by atoms with Crippen LogP contribution in [0.4, 0.5) is 5.69 Å². The Kier molecular flexibility index (Phi) is 6.86. The molecule has 0 heterocycles. The van der Waals surface area contributed by atoms with Gasteiger partial charge in [0.15, 0.2) is 5.96 Å². The molecule has 0 saturated heterocycles. The van der Waals surface area contributed by atoms with Gasteiger partial charge in [-0.25, -0.2) is 4.99 Å². The molecular weight excluding hydrogens is 365 g/mol. The van der Waals surface area contributed by atoms with Gasteiger partial charge in [0.1, 0.15) is 5.75 Å². The molecule has 3 N–H and O–H groups in total. The minimum atomic E-state index is 0. The van der Waals surface area contributed by atoms with Crippen molar-refractivity contribution in [1.29, 1.82) is 0 Å². The Balaban J connectivity index is 0.00000200. The second-order valence-electron chi connectivity index (χ2n) is 4.04. The Hall–Kier alpha value is -1.76. The van der Waals surface area contributed by atoms with Gasteiger partial charge in [-0.3, -0.25) is 0 Å². The number of hydrogen-bond acceptors (Lipinski definition) is 2. The fourth-order valence-electron chi connectivity index (χ4n) is 1.65. The minimum Gasteiger partial charge on any atom is -0.497 e. The van der Waals surface area contributed by atoms with Crippen molar-refractivity contribution in [2.24, 2.45) is 10.7 Å². The summed E-state index contributed by atoms with van der Waals surface area (Å²) in [5, 5.41) is 3.03. The Morgan fingerprint density at radius 2 is 1.90 bits per heavy atom. The number of rotatable bonds is 4.